The average Bonchev–Trinajstić information content (AvgIpc) is 2.71. The second-order valence-electron chi connectivity index (χ2n) is 4.63. The molecule has 6 nitrogen and oxygen atoms in total. The van der Waals surface area contributed by atoms with Crippen molar-refractivity contribution in [2.24, 2.45) is 0 Å². The highest BCUT2D eigenvalue weighted by molar-refractivity contribution is 5.88. The quantitative estimate of drug-likeness (QED) is 0.853. The third-order valence-corrected chi connectivity index (χ3v) is 3.53. The maximum atomic E-state index is 11.2. The Kier molecular flexibility index (Phi) is 3.36. The number of piperidine rings is 1. The Morgan fingerprint density at radius 1 is 1.39 bits per heavy atom. The average molecular weight is 251 g/mol. The van der Waals surface area contributed by atoms with Gasteiger partial charge in [-0.25, -0.2) is 4.79 Å². The Bertz CT molecular complexity index is 473. The lowest BCUT2D eigenvalue weighted by Crippen LogP contribution is -2.38. The first kappa shape index (κ1) is 12.6. The maximum Gasteiger partial charge on any atom is 0.339 e. The zero-order valence-electron chi connectivity index (χ0n) is 10.6. The number of aromatic carboxylic acids is 1. The molecule has 1 saturated heterocycles. The van der Waals surface area contributed by atoms with Crippen molar-refractivity contribution in [2.75, 3.05) is 13.1 Å². The van der Waals surface area contributed by atoms with Gasteiger partial charge in [-0.05, 0) is 19.8 Å². The summed E-state index contributed by atoms with van der Waals surface area (Å²) < 4.78 is 1.78. The summed E-state index contributed by atoms with van der Waals surface area (Å²) in [6.45, 7) is 4.76. The van der Waals surface area contributed by atoms with Gasteiger partial charge in [0.2, 0.25) is 5.91 Å². The van der Waals surface area contributed by atoms with Gasteiger partial charge in [0.15, 0.2) is 0 Å². The summed E-state index contributed by atoms with van der Waals surface area (Å²) >= 11 is 0. The number of likely N-dealkylation sites (tertiary alicyclic amines) is 1. The number of hydrogen-bond acceptors (Lipinski definition) is 3. The highest BCUT2D eigenvalue weighted by atomic mass is 16.4. The summed E-state index contributed by atoms with van der Waals surface area (Å²) in [5.41, 5.74) is 0.938. The topological polar surface area (TPSA) is 75.4 Å². The molecule has 98 valence electrons. The van der Waals surface area contributed by atoms with Crippen molar-refractivity contribution in [2.45, 2.75) is 32.7 Å². The fourth-order valence-corrected chi connectivity index (χ4v) is 2.43. The molecule has 1 amide bonds. The van der Waals surface area contributed by atoms with Gasteiger partial charge in [0.05, 0.1) is 17.9 Å². The monoisotopic (exact) mass is 251 g/mol. The third kappa shape index (κ3) is 2.23. The van der Waals surface area contributed by atoms with Gasteiger partial charge in [-0.1, -0.05) is 0 Å². The van der Waals surface area contributed by atoms with Gasteiger partial charge in [-0.3, -0.25) is 9.48 Å². The number of nitrogens with zero attached hydrogens (tertiary/aromatic N) is 3. The minimum atomic E-state index is -0.945. The number of carbonyl (C=O) groups excluding carboxylic acids is 1. The third-order valence-electron chi connectivity index (χ3n) is 3.53. The normalized spacial score (nSPS) is 16.9. The molecule has 2 heterocycles. The van der Waals surface area contributed by atoms with Crippen molar-refractivity contribution in [3.05, 3.63) is 17.5 Å². The van der Waals surface area contributed by atoms with Gasteiger partial charge >= 0.3 is 5.97 Å². The minimum absolute atomic E-state index is 0.0943. The second kappa shape index (κ2) is 4.80. The van der Waals surface area contributed by atoms with Crippen LogP contribution in [0.1, 0.15) is 41.9 Å². The molecule has 1 aromatic rings. The summed E-state index contributed by atoms with van der Waals surface area (Å²) in [4.78, 5) is 24.0. The largest absolute Gasteiger partial charge is 0.478 e. The highest BCUT2D eigenvalue weighted by Crippen LogP contribution is 2.24. The van der Waals surface area contributed by atoms with Crippen LogP contribution in [-0.4, -0.2) is 44.8 Å². The van der Waals surface area contributed by atoms with Crippen LogP contribution in [0.4, 0.5) is 0 Å². The van der Waals surface area contributed by atoms with Crippen molar-refractivity contribution < 1.29 is 14.7 Å². The van der Waals surface area contributed by atoms with Gasteiger partial charge in [0.1, 0.15) is 5.56 Å². The Labute approximate surface area is 105 Å². The zero-order valence-corrected chi connectivity index (χ0v) is 10.6. The SMILES string of the molecule is CC(=O)N1CCC(n2ncc(C(=O)O)c2C)CC1. The predicted octanol–water partition coefficient (Wildman–Crippen LogP) is 1.07. The van der Waals surface area contributed by atoms with Gasteiger partial charge in [0.25, 0.3) is 0 Å². The molecule has 1 aliphatic rings. The van der Waals surface area contributed by atoms with Crippen molar-refractivity contribution >= 4 is 11.9 Å². The fourth-order valence-electron chi connectivity index (χ4n) is 2.43. The molecule has 18 heavy (non-hydrogen) atoms. The predicted molar refractivity (Wildman–Crippen MR) is 64.4 cm³/mol. The number of hydrogen-bond donors (Lipinski definition) is 1. The first-order valence-corrected chi connectivity index (χ1v) is 6.03. The lowest BCUT2D eigenvalue weighted by Gasteiger charge is -2.31. The van der Waals surface area contributed by atoms with E-state index in [1.165, 1.54) is 6.20 Å². The lowest BCUT2D eigenvalue weighted by atomic mass is 10.0. The van der Waals surface area contributed by atoms with E-state index in [0.717, 1.165) is 12.8 Å². The number of carboxylic acid groups (broad SMARTS) is 1. The Hall–Kier alpha value is -1.85. The summed E-state index contributed by atoms with van der Waals surface area (Å²) in [5, 5.41) is 13.1. The number of rotatable bonds is 2. The minimum Gasteiger partial charge on any atom is -0.478 e. The van der Waals surface area contributed by atoms with Crippen LogP contribution in [0.2, 0.25) is 0 Å². The van der Waals surface area contributed by atoms with Gasteiger partial charge in [-0.2, -0.15) is 5.10 Å². The van der Waals surface area contributed by atoms with Gasteiger partial charge < -0.3 is 10.0 Å². The van der Waals surface area contributed by atoms with Crippen LogP contribution >= 0.6 is 0 Å². The van der Waals surface area contributed by atoms with E-state index in [1.807, 2.05) is 4.90 Å². The molecule has 2 rings (SSSR count). The summed E-state index contributed by atoms with van der Waals surface area (Å²) in [5.74, 6) is -0.850. The molecule has 1 fully saturated rings. The van der Waals surface area contributed by atoms with Gasteiger partial charge in [-0.15, -0.1) is 0 Å². The molecule has 0 bridgehead atoms. The standard InChI is InChI=1S/C12H17N3O3/c1-8-11(12(17)18)7-13-15(8)10-3-5-14(6-4-10)9(2)16/h7,10H,3-6H2,1-2H3,(H,17,18). The molecule has 0 atom stereocenters. The number of carboxylic acids is 1. The van der Waals surface area contributed by atoms with E-state index in [1.54, 1.807) is 18.5 Å². The molecule has 0 aliphatic carbocycles. The summed E-state index contributed by atoms with van der Waals surface area (Å²) in [6.07, 6.45) is 3.04. The van der Waals surface area contributed by atoms with E-state index in [4.69, 9.17) is 5.11 Å². The number of amides is 1. The molecule has 0 saturated carbocycles. The van der Waals surface area contributed by atoms with Crippen LogP contribution in [0, 0.1) is 6.92 Å². The van der Waals surface area contributed by atoms with E-state index in [9.17, 15) is 9.59 Å². The smallest absolute Gasteiger partial charge is 0.339 e. The summed E-state index contributed by atoms with van der Waals surface area (Å²) in [6, 6.07) is 0.189. The number of aromatic nitrogens is 2. The van der Waals surface area contributed by atoms with Crippen LogP contribution in [0.3, 0.4) is 0 Å². The lowest BCUT2D eigenvalue weighted by molar-refractivity contribution is -0.130. The van der Waals surface area contributed by atoms with Crippen molar-refractivity contribution in [3.8, 4) is 0 Å². The molecule has 0 spiro atoms. The molecule has 0 radical (unpaired) electrons. The Balaban J connectivity index is 2.10. The first-order valence-electron chi connectivity index (χ1n) is 6.03. The second-order valence-corrected chi connectivity index (χ2v) is 4.63. The molecule has 1 N–H and O–H groups in total. The highest BCUT2D eigenvalue weighted by Gasteiger charge is 2.25. The van der Waals surface area contributed by atoms with E-state index < -0.39 is 5.97 Å². The van der Waals surface area contributed by atoms with Crippen molar-refractivity contribution in [1.29, 1.82) is 0 Å². The van der Waals surface area contributed by atoms with Gasteiger partial charge in [0, 0.05) is 20.0 Å². The van der Waals surface area contributed by atoms with Crippen LogP contribution in [0.25, 0.3) is 0 Å². The Morgan fingerprint density at radius 2 is 2.00 bits per heavy atom. The molecule has 1 aromatic heterocycles. The Morgan fingerprint density at radius 3 is 2.44 bits per heavy atom. The summed E-state index contributed by atoms with van der Waals surface area (Å²) in [7, 11) is 0. The van der Waals surface area contributed by atoms with E-state index >= 15 is 0 Å². The molecular weight excluding hydrogens is 234 g/mol. The number of carbonyl (C=O) groups is 2. The fraction of sp³-hybridized carbons (Fsp3) is 0.583. The zero-order chi connectivity index (χ0) is 13.3. The van der Waals surface area contributed by atoms with Crippen LogP contribution in [-0.2, 0) is 4.79 Å². The van der Waals surface area contributed by atoms with Crippen molar-refractivity contribution in [3.63, 3.8) is 0 Å². The van der Waals surface area contributed by atoms with Crippen LogP contribution in [0.5, 0.6) is 0 Å². The maximum absolute atomic E-state index is 11.2. The first-order chi connectivity index (χ1) is 8.50. The van der Waals surface area contributed by atoms with Crippen LogP contribution < -0.4 is 0 Å². The van der Waals surface area contributed by atoms with Crippen molar-refractivity contribution in [1.82, 2.24) is 14.7 Å². The van der Waals surface area contributed by atoms with E-state index in [-0.39, 0.29) is 17.5 Å². The molecule has 1 aliphatic heterocycles. The molecule has 0 aromatic carbocycles. The van der Waals surface area contributed by atoms with E-state index in [0.29, 0.717) is 18.8 Å². The van der Waals surface area contributed by atoms with Crippen LogP contribution in [0.15, 0.2) is 6.20 Å². The molecular formula is C12H17N3O3. The molecule has 0 unspecified atom stereocenters. The molecule has 6 heteroatoms. The van der Waals surface area contributed by atoms with E-state index in [2.05, 4.69) is 5.10 Å².